The quantitative estimate of drug-likeness (QED) is 0.269. The van der Waals surface area contributed by atoms with Crippen LogP contribution in [0.15, 0.2) is 53.4 Å². The Morgan fingerprint density at radius 1 is 1.19 bits per heavy atom. The number of non-ortho nitro benzene ring substituents is 1. The van der Waals surface area contributed by atoms with Crippen molar-refractivity contribution >= 4 is 67.5 Å². The van der Waals surface area contributed by atoms with Gasteiger partial charge in [0.25, 0.3) is 11.6 Å². The van der Waals surface area contributed by atoms with Gasteiger partial charge in [-0.2, -0.15) is 0 Å². The molecule has 1 aromatic heterocycles. The third kappa shape index (κ3) is 3.61. The average Bonchev–Trinajstić information content (AvgIpc) is 3.18. The Labute approximate surface area is 167 Å². The Bertz CT molecular complexity index is 1070. The van der Waals surface area contributed by atoms with Crippen LogP contribution in [0.2, 0.25) is 0 Å². The molecule has 0 spiro atoms. The van der Waals surface area contributed by atoms with Crippen LogP contribution in [0.5, 0.6) is 0 Å². The minimum absolute atomic E-state index is 0.00975. The fourth-order valence-electron chi connectivity index (χ4n) is 2.60. The molecule has 0 atom stereocenters. The summed E-state index contributed by atoms with van der Waals surface area (Å²) in [6, 6.07) is 13.9. The lowest BCUT2D eigenvalue weighted by Crippen LogP contribution is -2.27. The molecule has 1 aliphatic heterocycles. The van der Waals surface area contributed by atoms with E-state index in [0.29, 0.717) is 21.3 Å². The highest BCUT2D eigenvalue weighted by Gasteiger charge is 2.32. The molecule has 3 aromatic rings. The number of hydrogen-bond acceptors (Lipinski definition) is 7. The summed E-state index contributed by atoms with van der Waals surface area (Å²) in [5.41, 5.74) is 1.63. The molecule has 9 heteroatoms. The van der Waals surface area contributed by atoms with Gasteiger partial charge in [0.05, 0.1) is 26.6 Å². The first kappa shape index (κ1) is 17.8. The van der Waals surface area contributed by atoms with E-state index >= 15 is 0 Å². The molecule has 2 aromatic carbocycles. The van der Waals surface area contributed by atoms with Crippen LogP contribution >= 0.6 is 35.3 Å². The molecule has 0 bridgehead atoms. The molecule has 2 heterocycles. The first-order valence-corrected chi connectivity index (χ1v) is 9.90. The molecule has 1 aliphatic rings. The molecule has 1 saturated heterocycles. The van der Waals surface area contributed by atoms with Gasteiger partial charge in [0.15, 0.2) is 0 Å². The average molecular weight is 414 g/mol. The zero-order valence-corrected chi connectivity index (χ0v) is 16.1. The van der Waals surface area contributed by atoms with Crippen LogP contribution in [0.25, 0.3) is 16.3 Å². The van der Waals surface area contributed by atoms with Gasteiger partial charge in [-0.1, -0.05) is 36.1 Å². The summed E-state index contributed by atoms with van der Waals surface area (Å²) in [6.07, 6.45) is 1.70. The van der Waals surface area contributed by atoms with Gasteiger partial charge in [0, 0.05) is 12.1 Å². The number of amides is 1. The fraction of sp³-hybridized carbons (Fsp3) is 0.0556. The molecule has 6 nitrogen and oxygen atoms in total. The maximum Gasteiger partial charge on any atom is 0.269 e. The largest absolute Gasteiger partial charge is 0.286 e. The van der Waals surface area contributed by atoms with E-state index in [1.807, 2.05) is 24.3 Å². The van der Waals surface area contributed by atoms with E-state index in [0.717, 1.165) is 15.2 Å². The van der Waals surface area contributed by atoms with Gasteiger partial charge in [-0.15, -0.1) is 11.3 Å². The van der Waals surface area contributed by atoms with Crippen molar-refractivity contribution in [3.05, 3.63) is 74.1 Å². The molecule has 1 amide bonds. The number of fused-ring (bicyclic) bond motifs is 1. The first-order valence-electron chi connectivity index (χ1n) is 7.85. The molecular formula is C18H11N3O3S3. The van der Waals surface area contributed by atoms with Gasteiger partial charge in [-0.25, -0.2) is 4.98 Å². The van der Waals surface area contributed by atoms with Gasteiger partial charge in [0.2, 0.25) is 0 Å². The second kappa shape index (κ2) is 7.18. The lowest BCUT2D eigenvalue weighted by molar-refractivity contribution is -0.384. The van der Waals surface area contributed by atoms with Crippen LogP contribution < -0.4 is 0 Å². The highest BCUT2D eigenvalue weighted by Crippen LogP contribution is 2.34. The summed E-state index contributed by atoms with van der Waals surface area (Å²) in [4.78, 5) is 29.6. The molecule has 0 saturated carbocycles. The minimum Gasteiger partial charge on any atom is -0.286 e. The lowest BCUT2D eigenvalue weighted by Gasteiger charge is -2.11. The van der Waals surface area contributed by atoms with Crippen molar-refractivity contribution in [2.24, 2.45) is 0 Å². The van der Waals surface area contributed by atoms with E-state index in [1.165, 1.54) is 28.8 Å². The second-order valence-electron chi connectivity index (χ2n) is 5.69. The number of thiocarbonyl (C=S) groups is 1. The maximum atomic E-state index is 12.7. The molecular weight excluding hydrogens is 402 g/mol. The topological polar surface area (TPSA) is 76.3 Å². The Morgan fingerprint density at radius 3 is 2.63 bits per heavy atom. The van der Waals surface area contributed by atoms with Gasteiger partial charge in [-0.05, 0) is 35.9 Å². The number of aromatic nitrogens is 1. The number of thioether (sulfide) groups is 1. The van der Waals surface area contributed by atoms with Gasteiger partial charge >= 0.3 is 0 Å². The number of hydrogen-bond donors (Lipinski definition) is 0. The molecule has 0 radical (unpaired) electrons. The van der Waals surface area contributed by atoms with Gasteiger partial charge < -0.3 is 0 Å². The van der Waals surface area contributed by atoms with E-state index in [4.69, 9.17) is 12.2 Å². The van der Waals surface area contributed by atoms with Crippen molar-refractivity contribution < 1.29 is 9.72 Å². The third-order valence-electron chi connectivity index (χ3n) is 3.91. The molecule has 0 N–H and O–H groups in total. The van der Waals surface area contributed by atoms with Crippen molar-refractivity contribution in [2.75, 3.05) is 0 Å². The third-order valence-corrected chi connectivity index (χ3v) is 6.31. The fourth-order valence-corrected chi connectivity index (χ4v) is 4.81. The summed E-state index contributed by atoms with van der Waals surface area (Å²) >= 11 is 8.13. The molecule has 134 valence electrons. The Hall–Kier alpha value is -2.62. The molecule has 0 aliphatic carbocycles. The summed E-state index contributed by atoms with van der Waals surface area (Å²) in [7, 11) is 0. The standard InChI is InChI=1S/C18H11N3O3S3/c22-17-15(9-11-5-7-12(8-6-11)21(23)24)27-18(25)20(17)10-16-19-13-3-1-2-4-14(13)26-16/h1-9H,10H2/b15-9+. The Morgan fingerprint density at radius 2 is 1.93 bits per heavy atom. The van der Waals surface area contributed by atoms with Crippen molar-refractivity contribution in [3.8, 4) is 0 Å². The van der Waals surface area contributed by atoms with E-state index in [-0.39, 0.29) is 11.6 Å². The van der Waals surface area contributed by atoms with Crippen LogP contribution in [0, 0.1) is 10.1 Å². The van der Waals surface area contributed by atoms with Crippen molar-refractivity contribution in [1.29, 1.82) is 0 Å². The SMILES string of the molecule is O=C1/C(=C\c2ccc([N+](=O)[O-])cc2)SC(=S)N1Cc1nc2ccccc2s1. The molecule has 0 unspecified atom stereocenters. The molecule has 4 rings (SSSR count). The van der Waals surface area contributed by atoms with Crippen molar-refractivity contribution in [3.63, 3.8) is 0 Å². The minimum atomic E-state index is -0.457. The first-order chi connectivity index (χ1) is 13.0. The van der Waals surface area contributed by atoms with E-state index in [1.54, 1.807) is 29.5 Å². The number of carbonyl (C=O) groups is 1. The number of carbonyl (C=O) groups excluding carboxylic acids is 1. The van der Waals surface area contributed by atoms with Crippen molar-refractivity contribution in [2.45, 2.75) is 6.54 Å². The second-order valence-corrected chi connectivity index (χ2v) is 8.48. The molecule has 1 fully saturated rings. The maximum absolute atomic E-state index is 12.7. The Balaban J connectivity index is 1.55. The van der Waals surface area contributed by atoms with Crippen molar-refractivity contribution in [1.82, 2.24) is 9.88 Å². The number of nitro groups is 1. The normalized spacial score (nSPS) is 15.9. The van der Waals surface area contributed by atoms with Crippen LogP contribution in [0.4, 0.5) is 5.69 Å². The highest BCUT2D eigenvalue weighted by molar-refractivity contribution is 8.26. The van der Waals surface area contributed by atoms with E-state index < -0.39 is 4.92 Å². The number of benzene rings is 2. The summed E-state index contributed by atoms with van der Waals surface area (Å²) in [6.45, 7) is 0.335. The zero-order valence-electron chi connectivity index (χ0n) is 13.7. The van der Waals surface area contributed by atoms with Crippen LogP contribution in [-0.4, -0.2) is 25.0 Å². The monoisotopic (exact) mass is 413 g/mol. The predicted molar refractivity (Wildman–Crippen MR) is 111 cm³/mol. The summed E-state index contributed by atoms with van der Waals surface area (Å²) < 4.78 is 1.55. The van der Waals surface area contributed by atoms with Gasteiger partial charge in [0.1, 0.15) is 9.33 Å². The smallest absolute Gasteiger partial charge is 0.269 e. The summed E-state index contributed by atoms with van der Waals surface area (Å²) in [5, 5.41) is 11.6. The predicted octanol–water partition coefficient (Wildman–Crippen LogP) is 4.61. The zero-order chi connectivity index (χ0) is 19.0. The Kier molecular flexibility index (Phi) is 4.73. The summed E-state index contributed by atoms with van der Waals surface area (Å²) in [5.74, 6) is -0.178. The van der Waals surface area contributed by atoms with E-state index in [2.05, 4.69) is 4.98 Å². The number of thiazole rings is 1. The van der Waals surface area contributed by atoms with E-state index in [9.17, 15) is 14.9 Å². The van der Waals surface area contributed by atoms with Gasteiger partial charge in [-0.3, -0.25) is 19.8 Å². The number of nitrogens with zero attached hydrogens (tertiary/aromatic N) is 3. The molecule has 27 heavy (non-hydrogen) atoms. The van der Waals surface area contributed by atoms with Crippen LogP contribution in [0.3, 0.4) is 0 Å². The number of para-hydroxylation sites is 1. The highest BCUT2D eigenvalue weighted by atomic mass is 32.2. The van der Waals surface area contributed by atoms with Crippen LogP contribution in [-0.2, 0) is 11.3 Å². The number of rotatable bonds is 4. The lowest BCUT2D eigenvalue weighted by atomic mass is 10.2. The number of nitro benzene ring substituents is 1. The van der Waals surface area contributed by atoms with Crippen LogP contribution in [0.1, 0.15) is 10.6 Å².